The van der Waals surface area contributed by atoms with E-state index in [9.17, 15) is 4.79 Å². The van der Waals surface area contributed by atoms with Gasteiger partial charge in [0.25, 0.3) is 5.91 Å². The fraction of sp³-hybridized carbons (Fsp3) is 0.200. The molecule has 0 bridgehead atoms. The van der Waals surface area contributed by atoms with Gasteiger partial charge in [-0.05, 0) is 61.1 Å². The van der Waals surface area contributed by atoms with Crippen molar-refractivity contribution in [1.29, 1.82) is 0 Å². The molecule has 0 atom stereocenters. The molecule has 0 saturated heterocycles. The average Bonchev–Trinajstić information content (AvgIpc) is 3.36. The van der Waals surface area contributed by atoms with Gasteiger partial charge in [0.15, 0.2) is 5.13 Å². The minimum Gasteiger partial charge on any atom is -0.298 e. The van der Waals surface area contributed by atoms with Crippen molar-refractivity contribution in [3.63, 3.8) is 0 Å². The number of thiazole rings is 1. The molecule has 2 aromatic carbocycles. The van der Waals surface area contributed by atoms with E-state index in [-0.39, 0.29) is 5.91 Å². The molecule has 4 aromatic rings. The van der Waals surface area contributed by atoms with Gasteiger partial charge in [0.2, 0.25) is 0 Å². The topological polar surface area (TPSA) is 83.6 Å². The molecule has 7 heteroatoms. The van der Waals surface area contributed by atoms with Crippen LogP contribution in [0.5, 0.6) is 0 Å². The summed E-state index contributed by atoms with van der Waals surface area (Å²) in [5, 5.41) is 16.0. The Morgan fingerprint density at radius 1 is 1.00 bits per heavy atom. The Labute approximate surface area is 159 Å². The van der Waals surface area contributed by atoms with Gasteiger partial charge >= 0.3 is 0 Å². The fourth-order valence-electron chi connectivity index (χ4n) is 3.51. The lowest BCUT2D eigenvalue weighted by molar-refractivity contribution is 0.102. The van der Waals surface area contributed by atoms with Crippen molar-refractivity contribution in [3.05, 3.63) is 58.5 Å². The van der Waals surface area contributed by atoms with E-state index in [0.717, 1.165) is 23.2 Å². The Morgan fingerprint density at radius 3 is 2.78 bits per heavy atom. The molecule has 1 aliphatic rings. The molecule has 1 amide bonds. The summed E-state index contributed by atoms with van der Waals surface area (Å²) in [7, 11) is 0. The molecule has 0 unspecified atom stereocenters. The van der Waals surface area contributed by atoms with E-state index < -0.39 is 0 Å². The molecule has 5 rings (SSSR count). The first-order valence-electron chi connectivity index (χ1n) is 8.96. The number of aryl methyl sites for hydroxylation is 2. The number of aromatic amines is 1. The highest BCUT2D eigenvalue weighted by atomic mass is 32.1. The first-order valence-corrected chi connectivity index (χ1v) is 9.84. The summed E-state index contributed by atoms with van der Waals surface area (Å²) in [6.07, 6.45) is 4.84. The third-order valence-corrected chi connectivity index (χ3v) is 5.71. The Morgan fingerprint density at radius 2 is 1.85 bits per heavy atom. The predicted molar refractivity (Wildman–Crippen MR) is 106 cm³/mol. The molecular weight excluding hydrogens is 358 g/mol. The van der Waals surface area contributed by atoms with Gasteiger partial charge in [-0.25, -0.2) is 4.98 Å². The maximum atomic E-state index is 12.5. The first-order chi connectivity index (χ1) is 13.3. The standard InChI is InChI=1S/C20H17N5OS/c26-19(15-7-8-16-17(10-15)24-25-23-16)22-20-21-18(11-27-20)14-6-5-12-3-1-2-4-13(12)9-14/h5-11H,1-4H2,(H,21,22,26)(H,23,24,25). The Hall–Kier alpha value is -3.06. The number of aromatic nitrogens is 4. The molecule has 27 heavy (non-hydrogen) atoms. The smallest absolute Gasteiger partial charge is 0.257 e. The number of hydrogen-bond donors (Lipinski definition) is 2. The average molecular weight is 375 g/mol. The molecular formula is C20H17N5OS. The van der Waals surface area contributed by atoms with Crippen LogP contribution in [0.4, 0.5) is 5.13 Å². The van der Waals surface area contributed by atoms with E-state index in [0.29, 0.717) is 16.2 Å². The van der Waals surface area contributed by atoms with E-state index in [1.807, 2.05) is 5.38 Å². The maximum Gasteiger partial charge on any atom is 0.257 e. The highest BCUT2D eigenvalue weighted by Gasteiger charge is 2.14. The van der Waals surface area contributed by atoms with Gasteiger partial charge in [-0.15, -0.1) is 11.3 Å². The van der Waals surface area contributed by atoms with Gasteiger partial charge in [-0.1, -0.05) is 12.1 Å². The van der Waals surface area contributed by atoms with E-state index in [1.54, 1.807) is 18.2 Å². The lowest BCUT2D eigenvalue weighted by Gasteiger charge is -2.16. The van der Waals surface area contributed by atoms with Gasteiger partial charge in [0, 0.05) is 16.5 Å². The third-order valence-electron chi connectivity index (χ3n) is 4.95. The normalized spacial score (nSPS) is 13.5. The summed E-state index contributed by atoms with van der Waals surface area (Å²) in [5.74, 6) is -0.203. The third kappa shape index (κ3) is 3.10. The maximum absolute atomic E-state index is 12.5. The molecule has 134 valence electrons. The molecule has 0 saturated carbocycles. The monoisotopic (exact) mass is 375 g/mol. The zero-order valence-corrected chi connectivity index (χ0v) is 15.3. The minimum absolute atomic E-state index is 0.203. The van der Waals surface area contributed by atoms with Crippen molar-refractivity contribution in [2.75, 3.05) is 5.32 Å². The number of anilines is 1. The lowest BCUT2D eigenvalue weighted by atomic mass is 9.90. The van der Waals surface area contributed by atoms with Crippen LogP contribution in [-0.4, -0.2) is 26.3 Å². The van der Waals surface area contributed by atoms with Crippen LogP contribution in [0.1, 0.15) is 34.3 Å². The Kier molecular flexibility index (Phi) is 3.94. The number of amides is 1. The molecule has 0 radical (unpaired) electrons. The van der Waals surface area contributed by atoms with Crippen molar-refractivity contribution in [2.45, 2.75) is 25.7 Å². The van der Waals surface area contributed by atoms with E-state index in [1.165, 1.54) is 41.7 Å². The summed E-state index contributed by atoms with van der Waals surface area (Å²) in [5.41, 5.74) is 6.82. The molecule has 2 heterocycles. The number of rotatable bonds is 3. The number of hydrogen-bond acceptors (Lipinski definition) is 5. The molecule has 0 spiro atoms. The summed E-state index contributed by atoms with van der Waals surface area (Å²) in [6.45, 7) is 0. The second-order valence-electron chi connectivity index (χ2n) is 6.71. The van der Waals surface area contributed by atoms with Gasteiger partial charge in [0.1, 0.15) is 11.0 Å². The predicted octanol–water partition coefficient (Wildman–Crippen LogP) is 4.21. The zero-order valence-electron chi connectivity index (χ0n) is 14.5. The summed E-state index contributed by atoms with van der Waals surface area (Å²) in [6, 6.07) is 11.8. The van der Waals surface area contributed by atoms with Crippen molar-refractivity contribution in [1.82, 2.24) is 20.4 Å². The van der Waals surface area contributed by atoms with Gasteiger partial charge in [0.05, 0.1) is 5.69 Å². The summed E-state index contributed by atoms with van der Waals surface area (Å²) < 4.78 is 0. The second-order valence-corrected chi connectivity index (χ2v) is 7.57. The molecule has 2 aromatic heterocycles. The number of fused-ring (bicyclic) bond motifs is 2. The molecule has 0 aliphatic heterocycles. The van der Waals surface area contributed by atoms with Crippen molar-refractivity contribution < 1.29 is 4.79 Å². The Balaban J connectivity index is 1.36. The van der Waals surface area contributed by atoms with Crippen LogP contribution in [-0.2, 0) is 12.8 Å². The van der Waals surface area contributed by atoms with Crippen molar-refractivity contribution >= 4 is 33.4 Å². The fourth-order valence-corrected chi connectivity index (χ4v) is 4.22. The second kappa shape index (κ2) is 6.59. The molecule has 1 aliphatic carbocycles. The van der Waals surface area contributed by atoms with E-state index in [2.05, 4.69) is 43.9 Å². The SMILES string of the molecule is O=C(Nc1nc(-c2ccc3c(c2)CCCC3)cs1)c1ccc2n[nH]nc2c1. The van der Waals surface area contributed by atoms with Crippen LogP contribution in [0.15, 0.2) is 41.8 Å². The highest BCUT2D eigenvalue weighted by Crippen LogP contribution is 2.29. The van der Waals surface area contributed by atoms with Crippen LogP contribution in [0.2, 0.25) is 0 Å². The number of nitrogens with one attached hydrogen (secondary N) is 2. The summed E-state index contributed by atoms with van der Waals surface area (Å²) >= 11 is 1.43. The van der Waals surface area contributed by atoms with Crippen LogP contribution in [0, 0.1) is 0 Å². The minimum atomic E-state index is -0.203. The van der Waals surface area contributed by atoms with Gasteiger partial charge < -0.3 is 0 Å². The Bertz CT molecular complexity index is 1150. The number of benzene rings is 2. The van der Waals surface area contributed by atoms with E-state index >= 15 is 0 Å². The number of H-pyrrole nitrogens is 1. The van der Waals surface area contributed by atoms with Crippen LogP contribution >= 0.6 is 11.3 Å². The molecule has 6 nitrogen and oxygen atoms in total. The first kappa shape index (κ1) is 16.1. The lowest BCUT2D eigenvalue weighted by Crippen LogP contribution is -2.11. The van der Waals surface area contributed by atoms with Gasteiger partial charge in [-0.3, -0.25) is 10.1 Å². The highest BCUT2D eigenvalue weighted by molar-refractivity contribution is 7.14. The summed E-state index contributed by atoms with van der Waals surface area (Å²) in [4.78, 5) is 17.1. The van der Waals surface area contributed by atoms with Crippen LogP contribution in [0.25, 0.3) is 22.3 Å². The van der Waals surface area contributed by atoms with Crippen molar-refractivity contribution in [2.24, 2.45) is 0 Å². The van der Waals surface area contributed by atoms with E-state index in [4.69, 9.17) is 0 Å². The quantitative estimate of drug-likeness (QED) is 0.562. The molecule has 0 fully saturated rings. The largest absolute Gasteiger partial charge is 0.298 e. The van der Waals surface area contributed by atoms with Crippen LogP contribution in [0.3, 0.4) is 0 Å². The van der Waals surface area contributed by atoms with Crippen molar-refractivity contribution in [3.8, 4) is 11.3 Å². The van der Waals surface area contributed by atoms with Crippen LogP contribution < -0.4 is 5.32 Å². The number of nitrogens with zero attached hydrogens (tertiary/aromatic N) is 3. The van der Waals surface area contributed by atoms with Gasteiger partial charge in [-0.2, -0.15) is 15.4 Å². The number of carbonyl (C=O) groups is 1. The zero-order chi connectivity index (χ0) is 18.2. The molecule has 2 N–H and O–H groups in total. The number of carbonyl (C=O) groups excluding carboxylic acids is 1.